The van der Waals surface area contributed by atoms with Crippen LogP contribution in [0.15, 0.2) is 0 Å². The number of hydrogen-bond acceptors (Lipinski definition) is 0. The molecule has 0 unspecified atom stereocenters. The van der Waals surface area contributed by atoms with Crippen LogP contribution in [0, 0.1) is 83.5 Å². The second kappa shape index (κ2) is 38.9. The standard InChI is InChI=1S/2Ce.3H2O.Zr/h;;3*1H2;. The van der Waals surface area contributed by atoms with Crippen molar-refractivity contribution in [2.75, 3.05) is 0 Å². The van der Waals surface area contributed by atoms with E-state index < -0.39 is 0 Å². The molecule has 36 valence electrons. The topological polar surface area (TPSA) is 94.5 Å². The van der Waals surface area contributed by atoms with Crippen LogP contribution in [0.2, 0.25) is 0 Å². The summed E-state index contributed by atoms with van der Waals surface area (Å²) >= 11 is 0. The average Bonchev–Trinajstić information content (AvgIpc) is 0. The first-order valence-electron chi connectivity index (χ1n) is 0. The summed E-state index contributed by atoms with van der Waals surface area (Å²) in [5.74, 6) is 0. The summed E-state index contributed by atoms with van der Waals surface area (Å²) in [5, 5.41) is 0. The first-order chi connectivity index (χ1) is 0. The van der Waals surface area contributed by atoms with Gasteiger partial charge in [-0.05, 0) is 0 Å². The minimum absolute atomic E-state index is 0. The molecule has 3 nitrogen and oxygen atoms in total. The predicted octanol–water partition coefficient (Wildman–Crippen LogP) is -2.48. The van der Waals surface area contributed by atoms with Crippen LogP contribution in [0.4, 0.5) is 0 Å². The molecule has 0 radical (unpaired) electrons. The van der Waals surface area contributed by atoms with E-state index in [4.69, 9.17) is 0 Å². The van der Waals surface area contributed by atoms with E-state index in [0.717, 1.165) is 0 Å². The number of rotatable bonds is 0. The number of hydrogen-bond donors (Lipinski definition) is 0. The van der Waals surface area contributed by atoms with E-state index in [2.05, 4.69) is 0 Å². The van der Waals surface area contributed by atoms with Crippen LogP contribution < -0.4 is 0 Å². The van der Waals surface area contributed by atoms with Crippen LogP contribution in [0.5, 0.6) is 0 Å². The van der Waals surface area contributed by atoms with Crippen LogP contribution in [0.3, 0.4) is 0 Å². The van der Waals surface area contributed by atoms with E-state index in [0.29, 0.717) is 0 Å². The Morgan fingerprint density at radius 3 is 0.500 bits per heavy atom. The van der Waals surface area contributed by atoms with Crippen LogP contribution in [0.1, 0.15) is 0 Å². The molecule has 0 aromatic heterocycles. The Morgan fingerprint density at radius 1 is 0.500 bits per heavy atom. The van der Waals surface area contributed by atoms with Gasteiger partial charge in [-0.3, -0.25) is 0 Å². The molecule has 0 saturated heterocycles. The fourth-order valence-electron chi connectivity index (χ4n) is 0. The van der Waals surface area contributed by atoms with E-state index in [-0.39, 0.29) is 126 Å². The Kier molecular flexibility index (Phi) is 362. The van der Waals surface area contributed by atoms with Gasteiger partial charge in [0.25, 0.3) is 0 Å². The zero-order chi connectivity index (χ0) is 0. The molecule has 0 rings (SSSR count). The van der Waals surface area contributed by atoms with Gasteiger partial charge in [0, 0.05) is 110 Å². The van der Waals surface area contributed by atoms with Crippen molar-refractivity contribution in [2.45, 2.75) is 0 Å². The van der Waals surface area contributed by atoms with E-state index in [1.807, 2.05) is 0 Å². The molecule has 0 aromatic rings. The summed E-state index contributed by atoms with van der Waals surface area (Å²) in [6.07, 6.45) is 0. The molecule has 0 bridgehead atoms. The third kappa shape index (κ3) is 25.8. The first-order valence-corrected chi connectivity index (χ1v) is 0. The Labute approximate surface area is 123 Å². The van der Waals surface area contributed by atoms with Gasteiger partial charge in [-0.1, -0.05) is 0 Å². The third-order valence-electron chi connectivity index (χ3n) is 0. The monoisotopic (exact) mass is 424 g/mol. The molecule has 0 spiro atoms. The minimum atomic E-state index is 0. The molecule has 0 amide bonds. The van der Waals surface area contributed by atoms with Gasteiger partial charge in [0.2, 0.25) is 0 Å². The van der Waals surface area contributed by atoms with Crippen molar-refractivity contribution in [1.82, 2.24) is 0 Å². The zero-order valence-corrected chi connectivity index (χ0v) is 11.7. The zero-order valence-electron chi connectivity index (χ0n) is 3.00. The Hall–Kier alpha value is 3.52. The Balaban J connectivity index is 0. The van der Waals surface area contributed by atoms with Crippen LogP contribution in [-0.2, 0) is 26.2 Å². The molecular weight excluding hydrogens is 419 g/mol. The van der Waals surface area contributed by atoms with Crippen molar-refractivity contribution in [3.05, 3.63) is 0 Å². The Bertz CT molecular complexity index is 8.75. The maximum atomic E-state index is 0. The summed E-state index contributed by atoms with van der Waals surface area (Å²) in [5.41, 5.74) is 0. The summed E-state index contributed by atoms with van der Waals surface area (Å²) in [6, 6.07) is 0. The molecule has 0 saturated carbocycles. The summed E-state index contributed by atoms with van der Waals surface area (Å²) in [7, 11) is 0. The van der Waals surface area contributed by atoms with E-state index in [1.54, 1.807) is 0 Å². The SMILES string of the molecule is O.O.O.[Ce].[Ce].[Zr]. The van der Waals surface area contributed by atoms with Crippen molar-refractivity contribution in [1.29, 1.82) is 0 Å². The second-order valence-electron chi connectivity index (χ2n) is 0. The van der Waals surface area contributed by atoms with Crippen molar-refractivity contribution in [3.8, 4) is 0 Å². The normalized spacial score (nSPS) is 0. The molecule has 0 aliphatic carbocycles. The van der Waals surface area contributed by atoms with Gasteiger partial charge >= 0.3 is 0 Å². The maximum absolute atomic E-state index is 0. The molecular formula is H6Ce2O3Zr. The van der Waals surface area contributed by atoms with Crippen molar-refractivity contribution in [2.24, 2.45) is 0 Å². The third-order valence-corrected chi connectivity index (χ3v) is 0. The largest absolute Gasteiger partial charge is 0.412 e. The van der Waals surface area contributed by atoms with Gasteiger partial charge < -0.3 is 16.4 Å². The van der Waals surface area contributed by atoms with Crippen LogP contribution >= 0.6 is 0 Å². The van der Waals surface area contributed by atoms with Gasteiger partial charge in [-0.2, -0.15) is 0 Å². The van der Waals surface area contributed by atoms with Crippen LogP contribution in [0.25, 0.3) is 0 Å². The quantitative estimate of drug-likeness (QED) is 0.411. The summed E-state index contributed by atoms with van der Waals surface area (Å²) in [4.78, 5) is 0. The van der Waals surface area contributed by atoms with E-state index >= 15 is 0 Å². The molecule has 0 heterocycles. The average molecular weight is 426 g/mol. The molecule has 0 aliphatic heterocycles. The molecule has 6 heteroatoms. The van der Waals surface area contributed by atoms with Gasteiger partial charge in [0.1, 0.15) is 0 Å². The van der Waals surface area contributed by atoms with Crippen molar-refractivity contribution < 1.29 is 126 Å². The van der Waals surface area contributed by atoms with Gasteiger partial charge in [0.05, 0.1) is 0 Å². The van der Waals surface area contributed by atoms with E-state index in [1.165, 1.54) is 0 Å². The molecule has 6 heavy (non-hydrogen) atoms. The summed E-state index contributed by atoms with van der Waals surface area (Å²) in [6.45, 7) is 0. The molecule has 0 aliphatic rings. The molecule has 6 N–H and O–H groups in total. The molecule has 0 atom stereocenters. The smallest absolute Gasteiger partial charge is 0 e. The second-order valence-corrected chi connectivity index (χ2v) is 0. The molecule has 0 fully saturated rings. The fraction of sp³-hybridized carbons (Fsp3) is 0. The fourth-order valence-corrected chi connectivity index (χ4v) is 0. The van der Waals surface area contributed by atoms with Crippen molar-refractivity contribution in [3.63, 3.8) is 0 Å². The Morgan fingerprint density at radius 2 is 0.500 bits per heavy atom. The van der Waals surface area contributed by atoms with Gasteiger partial charge in [-0.15, -0.1) is 0 Å². The minimum Gasteiger partial charge on any atom is -0.412 e. The summed E-state index contributed by atoms with van der Waals surface area (Å²) < 4.78 is 0. The van der Waals surface area contributed by atoms with E-state index in [9.17, 15) is 0 Å². The van der Waals surface area contributed by atoms with Gasteiger partial charge in [-0.25, -0.2) is 0 Å². The van der Waals surface area contributed by atoms with Gasteiger partial charge in [0.15, 0.2) is 0 Å². The predicted molar refractivity (Wildman–Crippen MR) is 10.8 cm³/mol. The maximum Gasteiger partial charge on any atom is 0 e. The van der Waals surface area contributed by atoms with Crippen LogP contribution in [-0.4, -0.2) is 16.4 Å². The van der Waals surface area contributed by atoms with Crippen molar-refractivity contribution >= 4 is 0 Å². The molecule has 0 aromatic carbocycles. The first kappa shape index (κ1) is 55.8.